The van der Waals surface area contributed by atoms with E-state index in [0.29, 0.717) is 12.3 Å². The van der Waals surface area contributed by atoms with Gasteiger partial charge in [-0.1, -0.05) is 6.92 Å². The monoisotopic (exact) mass is 264 g/mol. The van der Waals surface area contributed by atoms with E-state index in [1.807, 2.05) is 6.92 Å². The summed E-state index contributed by atoms with van der Waals surface area (Å²) >= 11 is 0. The topological polar surface area (TPSA) is 64.4 Å². The molecule has 0 aliphatic heterocycles. The van der Waals surface area contributed by atoms with Crippen molar-refractivity contribution in [2.75, 3.05) is 6.61 Å². The number of halogens is 1. The lowest BCUT2D eigenvalue weighted by atomic mass is 10.3. The van der Waals surface area contributed by atoms with Gasteiger partial charge in [0.05, 0.1) is 18.5 Å². The van der Waals surface area contributed by atoms with Crippen LogP contribution in [-0.4, -0.2) is 27.5 Å². The second-order valence-corrected chi connectivity index (χ2v) is 3.92. The minimum atomic E-state index is -1.16. The number of hydrogen-bond donors (Lipinski definition) is 1. The summed E-state index contributed by atoms with van der Waals surface area (Å²) in [6, 6.07) is 5.59. The smallest absolute Gasteiger partial charge is 0.360 e. The molecule has 0 spiro atoms. The highest BCUT2D eigenvalue weighted by Gasteiger charge is 2.17. The van der Waals surface area contributed by atoms with Gasteiger partial charge in [-0.2, -0.15) is 5.10 Å². The number of benzene rings is 1. The van der Waals surface area contributed by atoms with E-state index in [-0.39, 0.29) is 17.3 Å². The van der Waals surface area contributed by atoms with Gasteiger partial charge in [-0.25, -0.2) is 13.9 Å². The highest BCUT2D eigenvalue weighted by molar-refractivity contribution is 5.88. The first-order valence-electron chi connectivity index (χ1n) is 5.83. The number of hydrogen-bond acceptors (Lipinski definition) is 3. The molecule has 5 nitrogen and oxygen atoms in total. The molecular formula is C13H13FN2O3. The van der Waals surface area contributed by atoms with Gasteiger partial charge in [0.15, 0.2) is 5.75 Å². The van der Waals surface area contributed by atoms with Crippen molar-refractivity contribution in [2.45, 2.75) is 13.3 Å². The van der Waals surface area contributed by atoms with Gasteiger partial charge < -0.3 is 9.84 Å². The SMILES string of the molecule is CCCOc1cn(-c2ccc(F)cc2)nc1C(=O)O. The first-order valence-corrected chi connectivity index (χ1v) is 5.83. The number of aromatic nitrogens is 2. The fraction of sp³-hybridized carbons (Fsp3) is 0.231. The first kappa shape index (κ1) is 13.1. The molecule has 0 atom stereocenters. The Morgan fingerprint density at radius 2 is 2.11 bits per heavy atom. The van der Waals surface area contributed by atoms with Gasteiger partial charge in [-0.05, 0) is 30.7 Å². The molecule has 0 aliphatic carbocycles. The molecular weight excluding hydrogens is 251 g/mol. The van der Waals surface area contributed by atoms with Gasteiger partial charge >= 0.3 is 5.97 Å². The largest absolute Gasteiger partial charge is 0.489 e. The lowest BCUT2D eigenvalue weighted by molar-refractivity contribution is 0.0685. The van der Waals surface area contributed by atoms with Crippen LogP contribution >= 0.6 is 0 Å². The molecule has 0 saturated heterocycles. The van der Waals surface area contributed by atoms with Crippen LogP contribution in [0.15, 0.2) is 30.5 Å². The van der Waals surface area contributed by atoms with E-state index < -0.39 is 5.97 Å². The van der Waals surface area contributed by atoms with E-state index in [1.165, 1.54) is 35.1 Å². The lowest BCUT2D eigenvalue weighted by Crippen LogP contribution is -2.03. The first-order chi connectivity index (χ1) is 9.11. The van der Waals surface area contributed by atoms with Crippen LogP contribution in [0.5, 0.6) is 5.75 Å². The van der Waals surface area contributed by atoms with Crippen LogP contribution in [0.1, 0.15) is 23.8 Å². The van der Waals surface area contributed by atoms with Crippen LogP contribution in [0, 0.1) is 5.82 Å². The molecule has 0 unspecified atom stereocenters. The predicted molar refractivity (Wildman–Crippen MR) is 66.3 cm³/mol. The third kappa shape index (κ3) is 2.90. The summed E-state index contributed by atoms with van der Waals surface area (Å²) in [4.78, 5) is 11.1. The van der Waals surface area contributed by atoms with Crippen molar-refractivity contribution < 1.29 is 19.0 Å². The predicted octanol–water partition coefficient (Wildman–Crippen LogP) is 2.50. The molecule has 0 amide bonds. The second-order valence-electron chi connectivity index (χ2n) is 3.92. The molecule has 19 heavy (non-hydrogen) atoms. The molecule has 0 fully saturated rings. The summed E-state index contributed by atoms with van der Waals surface area (Å²) in [5, 5.41) is 13.0. The third-order valence-corrected chi connectivity index (χ3v) is 2.44. The Balaban J connectivity index is 2.36. The number of ether oxygens (including phenoxy) is 1. The molecule has 1 aromatic carbocycles. The molecule has 1 heterocycles. The Morgan fingerprint density at radius 1 is 1.42 bits per heavy atom. The fourth-order valence-corrected chi connectivity index (χ4v) is 1.55. The van der Waals surface area contributed by atoms with Gasteiger partial charge in [-0.3, -0.25) is 0 Å². The summed E-state index contributed by atoms with van der Waals surface area (Å²) in [6.45, 7) is 2.33. The van der Waals surface area contributed by atoms with Crippen molar-refractivity contribution >= 4 is 5.97 Å². The Morgan fingerprint density at radius 3 is 2.68 bits per heavy atom. The normalized spacial score (nSPS) is 10.4. The quantitative estimate of drug-likeness (QED) is 0.901. The number of carboxylic acid groups (broad SMARTS) is 1. The fourth-order valence-electron chi connectivity index (χ4n) is 1.55. The molecule has 6 heteroatoms. The number of carbonyl (C=O) groups is 1. The average Bonchev–Trinajstić information content (AvgIpc) is 2.81. The van der Waals surface area contributed by atoms with E-state index in [1.54, 1.807) is 0 Å². The Labute approximate surface area is 109 Å². The van der Waals surface area contributed by atoms with Gasteiger partial charge in [0.25, 0.3) is 0 Å². The minimum absolute atomic E-state index is 0.155. The Hall–Kier alpha value is -2.37. The Kier molecular flexibility index (Phi) is 3.79. The summed E-state index contributed by atoms with van der Waals surface area (Å²) in [7, 11) is 0. The van der Waals surface area contributed by atoms with Crippen molar-refractivity contribution in [3.63, 3.8) is 0 Å². The number of carboxylic acids is 1. The molecule has 2 aromatic rings. The summed E-state index contributed by atoms with van der Waals surface area (Å²) < 4.78 is 19.5. The highest BCUT2D eigenvalue weighted by atomic mass is 19.1. The van der Waals surface area contributed by atoms with E-state index in [0.717, 1.165) is 6.42 Å². The van der Waals surface area contributed by atoms with Gasteiger partial charge in [-0.15, -0.1) is 0 Å². The standard InChI is InChI=1S/C13H13FN2O3/c1-2-7-19-11-8-16(15-12(11)13(17)18)10-5-3-9(14)4-6-10/h3-6,8H,2,7H2,1H3,(H,17,18). The van der Waals surface area contributed by atoms with Crippen LogP contribution in [0.3, 0.4) is 0 Å². The van der Waals surface area contributed by atoms with E-state index in [9.17, 15) is 9.18 Å². The van der Waals surface area contributed by atoms with E-state index in [2.05, 4.69) is 5.10 Å². The highest BCUT2D eigenvalue weighted by Crippen LogP contribution is 2.20. The maximum absolute atomic E-state index is 12.8. The van der Waals surface area contributed by atoms with Gasteiger partial charge in [0.2, 0.25) is 5.69 Å². The summed E-state index contributed by atoms with van der Waals surface area (Å²) in [5.41, 5.74) is 0.410. The molecule has 0 saturated carbocycles. The van der Waals surface area contributed by atoms with E-state index in [4.69, 9.17) is 9.84 Å². The maximum atomic E-state index is 12.8. The van der Waals surface area contributed by atoms with Crippen LogP contribution < -0.4 is 4.74 Å². The molecule has 100 valence electrons. The van der Waals surface area contributed by atoms with Crippen molar-refractivity contribution in [1.29, 1.82) is 0 Å². The maximum Gasteiger partial charge on any atom is 0.360 e. The molecule has 0 bridgehead atoms. The second kappa shape index (κ2) is 5.51. The summed E-state index contributed by atoms with van der Waals surface area (Å²) in [5.74, 6) is -1.32. The third-order valence-electron chi connectivity index (χ3n) is 2.44. The van der Waals surface area contributed by atoms with E-state index >= 15 is 0 Å². The van der Waals surface area contributed by atoms with Crippen LogP contribution in [0.2, 0.25) is 0 Å². The van der Waals surface area contributed by atoms with Crippen molar-refractivity contribution in [3.8, 4) is 11.4 Å². The lowest BCUT2D eigenvalue weighted by Gasteiger charge is -2.01. The van der Waals surface area contributed by atoms with Gasteiger partial charge in [0.1, 0.15) is 5.82 Å². The molecule has 2 rings (SSSR count). The van der Waals surface area contributed by atoms with Crippen LogP contribution in [-0.2, 0) is 0 Å². The average molecular weight is 264 g/mol. The molecule has 1 aromatic heterocycles. The molecule has 0 aliphatic rings. The molecule has 1 N–H and O–H groups in total. The summed E-state index contributed by atoms with van der Waals surface area (Å²) in [6.07, 6.45) is 2.24. The zero-order valence-electron chi connectivity index (χ0n) is 10.3. The number of nitrogens with zero attached hydrogens (tertiary/aromatic N) is 2. The van der Waals surface area contributed by atoms with Crippen molar-refractivity contribution in [2.24, 2.45) is 0 Å². The van der Waals surface area contributed by atoms with Crippen LogP contribution in [0.25, 0.3) is 5.69 Å². The minimum Gasteiger partial charge on any atom is -0.489 e. The zero-order chi connectivity index (χ0) is 13.8. The van der Waals surface area contributed by atoms with Gasteiger partial charge in [0, 0.05) is 0 Å². The number of aromatic carboxylic acids is 1. The Bertz CT molecular complexity index is 578. The molecule has 0 radical (unpaired) electrons. The zero-order valence-corrected chi connectivity index (χ0v) is 10.3. The van der Waals surface area contributed by atoms with Crippen molar-refractivity contribution in [1.82, 2.24) is 9.78 Å². The van der Waals surface area contributed by atoms with Crippen LogP contribution in [0.4, 0.5) is 4.39 Å². The number of rotatable bonds is 5. The van der Waals surface area contributed by atoms with Crippen molar-refractivity contribution in [3.05, 3.63) is 42.0 Å².